The second-order valence-electron chi connectivity index (χ2n) is 7.83. The van der Waals surface area contributed by atoms with Crippen molar-refractivity contribution in [3.63, 3.8) is 0 Å². The Morgan fingerprint density at radius 2 is 1.73 bits per heavy atom. The van der Waals surface area contributed by atoms with E-state index in [9.17, 15) is 14.7 Å². The van der Waals surface area contributed by atoms with Gasteiger partial charge in [0.25, 0.3) is 0 Å². The largest absolute Gasteiger partial charge is 0.496 e. The van der Waals surface area contributed by atoms with Crippen LogP contribution < -0.4 is 0 Å². The number of ketones is 2. The number of methoxy groups -OCH3 is 1. The highest BCUT2D eigenvalue weighted by Gasteiger charge is 2.60. The average Bonchev–Trinajstić information content (AvgIpc) is 2.45. The molecule has 5 rings (SSSR count). The molecule has 1 N–H and O–H groups in total. The number of ether oxygens (including phenoxy) is 1. The molecular weight excluding hydrogens is 304 g/mol. The van der Waals surface area contributed by atoms with Gasteiger partial charge in [0, 0.05) is 5.41 Å². The maximum absolute atomic E-state index is 13.0. The van der Waals surface area contributed by atoms with Crippen LogP contribution in [0.3, 0.4) is 0 Å². The van der Waals surface area contributed by atoms with Crippen LogP contribution >= 0.6 is 11.6 Å². The minimum absolute atomic E-state index is 0.0289. The van der Waals surface area contributed by atoms with E-state index in [0.717, 1.165) is 19.3 Å². The third-order valence-electron chi connectivity index (χ3n) is 6.40. The van der Waals surface area contributed by atoms with Gasteiger partial charge < -0.3 is 9.84 Å². The molecule has 1 atom stereocenters. The maximum Gasteiger partial charge on any atom is 0.217 e. The molecule has 120 valence electrons. The van der Waals surface area contributed by atoms with E-state index in [4.69, 9.17) is 16.3 Å². The van der Waals surface area contributed by atoms with Gasteiger partial charge in [-0.25, -0.2) is 0 Å². The van der Waals surface area contributed by atoms with Gasteiger partial charge in [-0.15, -0.1) is 0 Å². The van der Waals surface area contributed by atoms with E-state index in [-0.39, 0.29) is 28.4 Å². The molecule has 4 bridgehead atoms. The van der Waals surface area contributed by atoms with Gasteiger partial charge >= 0.3 is 0 Å². The predicted octanol–water partition coefficient (Wildman–Crippen LogP) is 2.57. The number of aliphatic hydroxyl groups is 1. The van der Waals surface area contributed by atoms with Crippen LogP contribution in [-0.2, 0) is 14.3 Å². The Bertz CT molecular complexity index is 558. The van der Waals surface area contributed by atoms with Gasteiger partial charge in [-0.05, 0) is 56.3 Å². The van der Waals surface area contributed by atoms with Gasteiger partial charge in [0.15, 0.2) is 11.4 Å². The zero-order chi connectivity index (χ0) is 15.7. The van der Waals surface area contributed by atoms with Crippen LogP contribution in [0.1, 0.15) is 44.9 Å². The van der Waals surface area contributed by atoms with E-state index in [2.05, 4.69) is 0 Å². The molecule has 4 fully saturated rings. The lowest BCUT2D eigenvalue weighted by Gasteiger charge is -2.56. The monoisotopic (exact) mass is 324 g/mol. The first-order valence-corrected chi connectivity index (χ1v) is 8.50. The quantitative estimate of drug-likeness (QED) is 0.863. The Kier molecular flexibility index (Phi) is 3.06. The minimum Gasteiger partial charge on any atom is -0.496 e. The highest BCUT2D eigenvalue weighted by Crippen LogP contribution is 2.61. The van der Waals surface area contributed by atoms with E-state index in [0.29, 0.717) is 17.8 Å². The van der Waals surface area contributed by atoms with Gasteiger partial charge in [0.05, 0.1) is 13.5 Å². The fourth-order valence-corrected chi connectivity index (χ4v) is 6.19. The topological polar surface area (TPSA) is 63.6 Å². The number of Topliss-reactive ketones (excluding diaryl/α,β-unsaturated/α-hetero) is 2. The summed E-state index contributed by atoms with van der Waals surface area (Å²) in [6, 6.07) is 0. The van der Waals surface area contributed by atoms with Gasteiger partial charge in [-0.3, -0.25) is 9.59 Å². The van der Waals surface area contributed by atoms with Crippen molar-refractivity contribution in [2.24, 2.45) is 23.2 Å². The third-order valence-corrected chi connectivity index (χ3v) is 6.74. The molecule has 22 heavy (non-hydrogen) atoms. The second kappa shape index (κ2) is 4.57. The molecule has 0 heterocycles. The van der Waals surface area contributed by atoms with Crippen molar-refractivity contribution in [1.29, 1.82) is 0 Å². The van der Waals surface area contributed by atoms with Crippen LogP contribution in [-0.4, -0.2) is 29.4 Å². The minimum atomic E-state index is -1.83. The van der Waals surface area contributed by atoms with Gasteiger partial charge in [0.1, 0.15) is 10.8 Å². The van der Waals surface area contributed by atoms with Crippen LogP contribution in [0.4, 0.5) is 0 Å². The molecule has 5 heteroatoms. The number of carbonyl (C=O) groups is 2. The summed E-state index contributed by atoms with van der Waals surface area (Å²) in [5.74, 6) is 1.47. The average molecular weight is 325 g/mol. The SMILES string of the molecule is COC1=C(Cl)C(=O)C1(O)CC(=O)C12CC3CC(CC(C3)C1)C2. The predicted molar refractivity (Wildman–Crippen MR) is 80.1 cm³/mol. The first kappa shape index (κ1) is 14.7. The van der Waals surface area contributed by atoms with Crippen molar-refractivity contribution in [3.8, 4) is 0 Å². The lowest BCUT2D eigenvalue weighted by atomic mass is 9.48. The van der Waals surface area contributed by atoms with Gasteiger partial charge in [0.2, 0.25) is 5.78 Å². The summed E-state index contributed by atoms with van der Waals surface area (Å²) < 4.78 is 5.03. The molecule has 0 aromatic carbocycles. The normalized spacial score (nSPS) is 46.0. The Morgan fingerprint density at radius 1 is 1.23 bits per heavy atom. The summed E-state index contributed by atoms with van der Waals surface area (Å²) in [4.78, 5) is 24.9. The van der Waals surface area contributed by atoms with E-state index in [1.165, 1.54) is 26.4 Å². The van der Waals surface area contributed by atoms with Crippen molar-refractivity contribution in [2.75, 3.05) is 7.11 Å². The Morgan fingerprint density at radius 3 is 2.18 bits per heavy atom. The maximum atomic E-state index is 13.0. The first-order valence-electron chi connectivity index (χ1n) is 8.13. The number of hydrogen-bond acceptors (Lipinski definition) is 4. The van der Waals surface area contributed by atoms with Crippen LogP contribution in [0.2, 0.25) is 0 Å². The summed E-state index contributed by atoms with van der Waals surface area (Å²) in [5, 5.41) is 10.5. The lowest BCUT2D eigenvalue weighted by Crippen LogP contribution is -2.56. The van der Waals surface area contributed by atoms with Crippen molar-refractivity contribution >= 4 is 23.2 Å². The van der Waals surface area contributed by atoms with E-state index in [1.807, 2.05) is 0 Å². The third kappa shape index (κ3) is 1.80. The van der Waals surface area contributed by atoms with Crippen molar-refractivity contribution in [3.05, 3.63) is 10.8 Å². The molecule has 0 radical (unpaired) electrons. The standard InChI is InChI=1S/C17H21ClO4/c1-22-15-13(18)14(20)17(15,21)8-12(19)16-5-9-2-10(6-16)4-11(3-9)7-16/h9-11,21H,2-8H2,1H3. The number of rotatable bonds is 4. The fraction of sp³-hybridized carbons (Fsp3) is 0.765. The molecule has 0 spiro atoms. The molecule has 5 aliphatic rings. The van der Waals surface area contributed by atoms with Gasteiger partial charge in [-0.2, -0.15) is 0 Å². The molecule has 0 aromatic rings. The van der Waals surface area contributed by atoms with Crippen LogP contribution in [0.5, 0.6) is 0 Å². The van der Waals surface area contributed by atoms with Gasteiger partial charge in [-0.1, -0.05) is 11.6 Å². The van der Waals surface area contributed by atoms with E-state index < -0.39 is 11.4 Å². The number of hydrogen-bond donors (Lipinski definition) is 1. The van der Waals surface area contributed by atoms with Crippen LogP contribution in [0.15, 0.2) is 10.8 Å². The molecular formula is C17H21ClO4. The molecule has 0 aliphatic heterocycles. The lowest BCUT2D eigenvalue weighted by molar-refractivity contribution is -0.155. The molecule has 0 amide bonds. The van der Waals surface area contributed by atoms with E-state index >= 15 is 0 Å². The Balaban J connectivity index is 1.57. The highest BCUT2D eigenvalue weighted by molar-refractivity contribution is 6.47. The molecule has 5 aliphatic carbocycles. The van der Waals surface area contributed by atoms with E-state index in [1.54, 1.807) is 0 Å². The number of halogens is 1. The fourth-order valence-electron chi connectivity index (χ4n) is 5.80. The van der Waals surface area contributed by atoms with Crippen molar-refractivity contribution in [1.82, 2.24) is 0 Å². The summed E-state index contributed by atoms with van der Waals surface area (Å²) in [7, 11) is 1.37. The molecule has 4 nitrogen and oxygen atoms in total. The smallest absolute Gasteiger partial charge is 0.217 e. The van der Waals surface area contributed by atoms with Crippen molar-refractivity contribution in [2.45, 2.75) is 50.5 Å². The zero-order valence-corrected chi connectivity index (χ0v) is 13.5. The number of carbonyl (C=O) groups excluding carboxylic acids is 2. The first-order chi connectivity index (χ1) is 10.4. The summed E-state index contributed by atoms with van der Waals surface area (Å²) in [6.07, 6.45) is 6.38. The Hall–Kier alpha value is -0.870. The summed E-state index contributed by atoms with van der Waals surface area (Å²) in [5.41, 5.74) is -2.14. The Labute approximate surface area is 134 Å². The van der Waals surface area contributed by atoms with Crippen molar-refractivity contribution < 1.29 is 19.4 Å². The molecule has 0 aromatic heterocycles. The molecule has 0 saturated heterocycles. The molecule has 4 saturated carbocycles. The second-order valence-corrected chi connectivity index (χ2v) is 8.21. The van der Waals surface area contributed by atoms with Crippen LogP contribution in [0.25, 0.3) is 0 Å². The highest BCUT2D eigenvalue weighted by atomic mass is 35.5. The van der Waals surface area contributed by atoms with Crippen LogP contribution in [0, 0.1) is 23.2 Å². The summed E-state index contributed by atoms with van der Waals surface area (Å²) in [6.45, 7) is 0. The molecule has 1 unspecified atom stereocenters. The summed E-state index contributed by atoms with van der Waals surface area (Å²) >= 11 is 5.79. The zero-order valence-electron chi connectivity index (χ0n) is 12.7.